The predicted molar refractivity (Wildman–Crippen MR) is 85.0 cm³/mol. The molecule has 1 amide bonds. The van der Waals surface area contributed by atoms with Crippen molar-refractivity contribution in [2.24, 2.45) is 0 Å². The van der Waals surface area contributed by atoms with Gasteiger partial charge >= 0.3 is 5.97 Å². The van der Waals surface area contributed by atoms with Crippen LogP contribution in [0.15, 0.2) is 41.8 Å². The SMILES string of the molecule is C[C@H](C(=O)N1CCc2ccccc2[C@@H]1C(=O)O)c1cccs1. The lowest BCUT2D eigenvalue weighted by Gasteiger charge is -2.36. The molecule has 22 heavy (non-hydrogen) atoms. The van der Waals surface area contributed by atoms with Crippen LogP contribution in [0.3, 0.4) is 0 Å². The third-order valence-corrected chi connectivity index (χ3v) is 5.20. The minimum absolute atomic E-state index is 0.121. The third kappa shape index (κ3) is 2.52. The van der Waals surface area contributed by atoms with E-state index in [1.165, 1.54) is 16.2 Å². The van der Waals surface area contributed by atoms with Gasteiger partial charge in [0.2, 0.25) is 5.91 Å². The first-order valence-corrected chi connectivity index (χ1v) is 8.12. The van der Waals surface area contributed by atoms with Crippen molar-refractivity contribution < 1.29 is 14.7 Å². The van der Waals surface area contributed by atoms with Gasteiger partial charge < -0.3 is 10.0 Å². The number of carboxylic acids is 1. The summed E-state index contributed by atoms with van der Waals surface area (Å²) in [5.41, 5.74) is 1.75. The fraction of sp³-hybridized carbons (Fsp3) is 0.294. The molecule has 0 unspecified atom stereocenters. The van der Waals surface area contributed by atoms with E-state index in [9.17, 15) is 14.7 Å². The molecule has 3 rings (SSSR count). The van der Waals surface area contributed by atoms with Crippen molar-refractivity contribution in [3.8, 4) is 0 Å². The Kier molecular flexibility index (Phi) is 3.98. The largest absolute Gasteiger partial charge is 0.479 e. The Hall–Kier alpha value is -2.14. The van der Waals surface area contributed by atoms with Gasteiger partial charge in [-0.2, -0.15) is 0 Å². The maximum atomic E-state index is 12.8. The summed E-state index contributed by atoms with van der Waals surface area (Å²) in [4.78, 5) is 27.0. The van der Waals surface area contributed by atoms with Gasteiger partial charge in [0.1, 0.15) is 0 Å². The highest BCUT2D eigenvalue weighted by molar-refractivity contribution is 7.10. The van der Waals surface area contributed by atoms with E-state index in [1.54, 1.807) is 0 Å². The molecule has 1 N–H and O–H groups in total. The van der Waals surface area contributed by atoms with Crippen LogP contribution in [-0.4, -0.2) is 28.4 Å². The predicted octanol–water partition coefficient (Wildman–Crippen LogP) is 3.06. The van der Waals surface area contributed by atoms with E-state index in [-0.39, 0.29) is 11.8 Å². The number of carbonyl (C=O) groups excluding carboxylic acids is 1. The standard InChI is InChI=1S/C17H17NO3S/c1-11(14-7-4-10-22-14)16(19)18-9-8-12-5-2-3-6-13(12)15(18)17(20)21/h2-7,10-11,15H,8-9H2,1H3,(H,20,21)/t11-,15+/m0/s1. The van der Waals surface area contributed by atoms with Crippen LogP contribution >= 0.6 is 11.3 Å². The number of fused-ring (bicyclic) bond motifs is 1. The van der Waals surface area contributed by atoms with Gasteiger partial charge in [0, 0.05) is 11.4 Å². The number of carboxylic acid groups (broad SMARTS) is 1. The first-order chi connectivity index (χ1) is 10.6. The number of hydrogen-bond acceptors (Lipinski definition) is 3. The molecule has 0 spiro atoms. The van der Waals surface area contributed by atoms with E-state index in [4.69, 9.17) is 0 Å². The van der Waals surface area contributed by atoms with E-state index in [2.05, 4.69) is 0 Å². The van der Waals surface area contributed by atoms with Gasteiger partial charge in [-0.25, -0.2) is 4.79 Å². The zero-order chi connectivity index (χ0) is 15.7. The monoisotopic (exact) mass is 315 g/mol. The molecule has 0 fully saturated rings. The number of benzene rings is 1. The molecule has 1 aliphatic heterocycles. The maximum Gasteiger partial charge on any atom is 0.331 e. The van der Waals surface area contributed by atoms with Gasteiger partial charge in [-0.05, 0) is 35.9 Å². The molecule has 0 aliphatic carbocycles. The van der Waals surface area contributed by atoms with Gasteiger partial charge in [-0.15, -0.1) is 11.3 Å². The van der Waals surface area contributed by atoms with Crippen LogP contribution in [0, 0.1) is 0 Å². The van der Waals surface area contributed by atoms with Crippen LogP contribution in [0.1, 0.15) is 34.9 Å². The smallest absolute Gasteiger partial charge is 0.331 e. The zero-order valence-electron chi connectivity index (χ0n) is 12.2. The molecule has 0 saturated carbocycles. The van der Waals surface area contributed by atoms with Gasteiger partial charge in [0.25, 0.3) is 0 Å². The average molecular weight is 315 g/mol. The number of aliphatic carboxylic acids is 1. The number of amides is 1. The molecular weight excluding hydrogens is 298 g/mol. The van der Waals surface area contributed by atoms with Crippen LogP contribution in [0.25, 0.3) is 0 Å². The fourth-order valence-corrected chi connectivity index (χ4v) is 3.75. The molecule has 114 valence electrons. The normalized spacial score (nSPS) is 18.6. The topological polar surface area (TPSA) is 57.6 Å². The number of carbonyl (C=O) groups is 2. The lowest BCUT2D eigenvalue weighted by Crippen LogP contribution is -2.45. The molecule has 4 nitrogen and oxygen atoms in total. The first-order valence-electron chi connectivity index (χ1n) is 7.24. The summed E-state index contributed by atoms with van der Waals surface area (Å²) in [7, 11) is 0. The van der Waals surface area contributed by atoms with Crippen molar-refractivity contribution in [2.75, 3.05) is 6.54 Å². The Labute approximate surface area is 133 Å². The Balaban J connectivity index is 1.93. The molecule has 0 radical (unpaired) electrons. The fourth-order valence-electron chi connectivity index (χ4n) is 2.98. The summed E-state index contributed by atoms with van der Waals surface area (Å²) in [6, 6.07) is 10.4. The highest BCUT2D eigenvalue weighted by Gasteiger charge is 2.37. The second kappa shape index (κ2) is 5.93. The van der Waals surface area contributed by atoms with Crippen LogP contribution in [0.2, 0.25) is 0 Å². The molecule has 2 heterocycles. The van der Waals surface area contributed by atoms with Crippen molar-refractivity contribution in [3.63, 3.8) is 0 Å². The lowest BCUT2D eigenvalue weighted by molar-refractivity contribution is -0.151. The van der Waals surface area contributed by atoms with Crippen molar-refractivity contribution >= 4 is 23.2 Å². The first kappa shape index (κ1) is 14.8. The molecular formula is C17H17NO3S. The molecule has 1 aromatic carbocycles. The molecule has 0 bridgehead atoms. The number of rotatable bonds is 3. The molecule has 2 aromatic rings. The maximum absolute atomic E-state index is 12.8. The summed E-state index contributed by atoms with van der Waals surface area (Å²) in [6.45, 7) is 2.29. The number of nitrogens with zero attached hydrogens (tertiary/aromatic N) is 1. The summed E-state index contributed by atoms with van der Waals surface area (Å²) >= 11 is 1.52. The van der Waals surface area contributed by atoms with Crippen LogP contribution in [-0.2, 0) is 16.0 Å². The highest BCUT2D eigenvalue weighted by atomic mass is 32.1. The summed E-state index contributed by atoms with van der Waals surface area (Å²) in [5.74, 6) is -1.41. The quantitative estimate of drug-likeness (QED) is 0.947. The third-order valence-electron chi connectivity index (χ3n) is 4.14. The van der Waals surface area contributed by atoms with E-state index >= 15 is 0 Å². The van der Waals surface area contributed by atoms with Gasteiger partial charge in [-0.1, -0.05) is 30.3 Å². The summed E-state index contributed by atoms with van der Waals surface area (Å²) < 4.78 is 0. The number of hydrogen-bond donors (Lipinski definition) is 1. The van der Waals surface area contributed by atoms with Crippen molar-refractivity contribution in [3.05, 3.63) is 57.8 Å². The summed E-state index contributed by atoms with van der Waals surface area (Å²) in [6.07, 6.45) is 0.697. The van der Waals surface area contributed by atoms with Gasteiger partial charge in [0.05, 0.1) is 5.92 Å². The van der Waals surface area contributed by atoms with E-state index in [1.807, 2.05) is 48.7 Å². The Bertz CT molecular complexity index is 696. The molecule has 1 aliphatic rings. The average Bonchev–Trinajstić information content (AvgIpc) is 3.06. The lowest BCUT2D eigenvalue weighted by atomic mass is 9.91. The Morgan fingerprint density at radius 3 is 2.73 bits per heavy atom. The Morgan fingerprint density at radius 1 is 1.27 bits per heavy atom. The van der Waals surface area contributed by atoms with Crippen LogP contribution in [0.4, 0.5) is 0 Å². The van der Waals surface area contributed by atoms with Crippen LogP contribution in [0.5, 0.6) is 0 Å². The second-order valence-corrected chi connectivity index (χ2v) is 6.44. The zero-order valence-corrected chi connectivity index (χ0v) is 13.0. The van der Waals surface area contributed by atoms with E-state index in [0.717, 1.165) is 16.0 Å². The Morgan fingerprint density at radius 2 is 2.05 bits per heavy atom. The van der Waals surface area contributed by atoms with E-state index < -0.39 is 12.0 Å². The van der Waals surface area contributed by atoms with Gasteiger partial charge in [-0.3, -0.25) is 4.79 Å². The molecule has 0 saturated heterocycles. The second-order valence-electron chi connectivity index (χ2n) is 5.46. The van der Waals surface area contributed by atoms with Crippen molar-refractivity contribution in [1.29, 1.82) is 0 Å². The van der Waals surface area contributed by atoms with Crippen molar-refractivity contribution in [1.82, 2.24) is 4.90 Å². The highest BCUT2D eigenvalue weighted by Crippen LogP contribution is 2.33. The van der Waals surface area contributed by atoms with E-state index in [0.29, 0.717) is 13.0 Å². The van der Waals surface area contributed by atoms with Crippen molar-refractivity contribution in [2.45, 2.75) is 25.3 Å². The molecule has 2 atom stereocenters. The molecule has 1 aromatic heterocycles. The minimum atomic E-state index is -0.973. The molecule has 5 heteroatoms. The van der Waals surface area contributed by atoms with Gasteiger partial charge in [0.15, 0.2) is 6.04 Å². The minimum Gasteiger partial charge on any atom is -0.479 e. The summed E-state index contributed by atoms with van der Waals surface area (Å²) in [5, 5.41) is 11.6. The van der Waals surface area contributed by atoms with Crippen LogP contribution < -0.4 is 0 Å². The number of thiophene rings is 1.